The van der Waals surface area contributed by atoms with Crippen LogP contribution < -0.4 is 10.1 Å². The Morgan fingerprint density at radius 3 is 3.14 bits per heavy atom. The van der Waals surface area contributed by atoms with Crippen molar-refractivity contribution in [1.29, 1.82) is 0 Å². The van der Waals surface area contributed by atoms with Crippen LogP contribution in [0.25, 0.3) is 0 Å². The Hall–Kier alpha value is -1.10. The highest BCUT2D eigenvalue weighted by Gasteiger charge is 2.26. The van der Waals surface area contributed by atoms with Gasteiger partial charge in [0.2, 0.25) is 5.88 Å². The number of aromatic nitrogens is 1. The number of rotatable bonds is 1. The van der Waals surface area contributed by atoms with Crippen LogP contribution in [0.15, 0.2) is 16.7 Å². The third-order valence-corrected chi connectivity index (χ3v) is 2.44. The second kappa shape index (κ2) is 3.57. The molecule has 0 aliphatic carbocycles. The van der Waals surface area contributed by atoms with Gasteiger partial charge in [0.15, 0.2) is 6.10 Å². The van der Waals surface area contributed by atoms with Gasteiger partial charge in [-0.3, -0.25) is 4.79 Å². The molecule has 4 nitrogen and oxygen atoms in total. The van der Waals surface area contributed by atoms with Gasteiger partial charge in [0.1, 0.15) is 10.3 Å². The number of nitrogens with zero attached hydrogens (tertiary/aromatic N) is 1. The Morgan fingerprint density at radius 2 is 2.43 bits per heavy atom. The fraction of sp³-hybridized carbons (Fsp3) is 0.333. The number of pyridine rings is 1. The predicted molar refractivity (Wildman–Crippen MR) is 55.3 cm³/mol. The largest absolute Gasteiger partial charge is 0.463 e. The molecule has 2 heterocycles. The summed E-state index contributed by atoms with van der Waals surface area (Å²) in [5.41, 5.74) is 0.628. The van der Waals surface area contributed by atoms with Gasteiger partial charge in [-0.25, -0.2) is 4.98 Å². The summed E-state index contributed by atoms with van der Waals surface area (Å²) < 4.78 is 6.12. The maximum Gasteiger partial charge on any atom is 0.265 e. The number of hydrogen-bond acceptors (Lipinski definition) is 3. The highest BCUT2D eigenvalue weighted by atomic mass is 79.9. The molecule has 1 aromatic heterocycles. The zero-order chi connectivity index (χ0) is 10.1. The van der Waals surface area contributed by atoms with E-state index in [0.717, 1.165) is 0 Å². The summed E-state index contributed by atoms with van der Waals surface area (Å²) in [6.45, 7) is 1.90. The first-order chi connectivity index (χ1) is 6.70. The lowest BCUT2D eigenvalue weighted by Gasteiger charge is -2.23. The normalized spacial score (nSPS) is 19.6. The Morgan fingerprint density at radius 1 is 1.64 bits per heavy atom. The maximum atomic E-state index is 11.4. The summed E-state index contributed by atoms with van der Waals surface area (Å²) in [6.07, 6.45) is 0.212. The monoisotopic (exact) mass is 256 g/mol. The fourth-order valence-electron chi connectivity index (χ4n) is 1.27. The van der Waals surface area contributed by atoms with Gasteiger partial charge in [-0.05, 0) is 34.5 Å². The standard InChI is InChI=1S/C9H9BrN2O2/c1-2-6-8(13)11-5-3-4-7(10)12-9(5)14-6/h3-4,6H,2H2,1H3,(H,11,13). The van der Waals surface area contributed by atoms with Gasteiger partial charge in [-0.15, -0.1) is 0 Å². The number of amides is 1. The molecular weight excluding hydrogens is 248 g/mol. The minimum Gasteiger partial charge on any atom is -0.463 e. The second-order valence-electron chi connectivity index (χ2n) is 2.99. The van der Waals surface area contributed by atoms with E-state index in [0.29, 0.717) is 22.6 Å². The second-order valence-corrected chi connectivity index (χ2v) is 3.80. The molecule has 0 fully saturated rings. The van der Waals surface area contributed by atoms with E-state index in [1.54, 1.807) is 12.1 Å². The molecule has 1 amide bonds. The van der Waals surface area contributed by atoms with Crippen LogP contribution >= 0.6 is 15.9 Å². The Kier molecular flexibility index (Phi) is 2.41. The first-order valence-corrected chi connectivity index (χ1v) is 5.14. The molecule has 0 spiro atoms. The first-order valence-electron chi connectivity index (χ1n) is 4.34. The highest BCUT2D eigenvalue weighted by molar-refractivity contribution is 9.10. The van der Waals surface area contributed by atoms with Crippen molar-refractivity contribution in [3.8, 4) is 5.88 Å². The van der Waals surface area contributed by atoms with Crippen molar-refractivity contribution >= 4 is 27.5 Å². The predicted octanol–water partition coefficient (Wildman–Crippen LogP) is 1.95. The third-order valence-electron chi connectivity index (χ3n) is 2.00. The van der Waals surface area contributed by atoms with Crippen LogP contribution in [0, 0.1) is 0 Å². The average molecular weight is 257 g/mol. The van der Waals surface area contributed by atoms with Gasteiger partial charge in [0.05, 0.1) is 0 Å². The molecule has 5 heteroatoms. The minimum atomic E-state index is -0.427. The molecule has 1 aliphatic rings. The number of fused-ring (bicyclic) bond motifs is 1. The molecule has 1 unspecified atom stereocenters. The molecule has 1 aliphatic heterocycles. The molecule has 1 atom stereocenters. The number of anilines is 1. The lowest BCUT2D eigenvalue weighted by molar-refractivity contribution is -0.123. The Balaban J connectivity index is 2.36. The SMILES string of the molecule is CCC1Oc2nc(Br)ccc2NC1=O. The number of hydrogen-bond donors (Lipinski definition) is 1. The molecule has 1 aromatic rings. The Labute approximate surface area is 89.8 Å². The van der Waals surface area contributed by atoms with Crippen molar-refractivity contribution in [1.82, 2.24) is 4.98 Å². The summed E-state index contributed by atoms with van der Waals surface area (Å²) in [5, 5.41) is 2.74. The smallest absolute Gasteiger partial charge is 0.265 e. The molecule has 0 saturated carbocycles. The van der Waals surface area contributed by atoms with Crippen LogP contribution in [-0.4, -0.2) is 17.0 Å². The van der Waals surface area contributed by atoms with Crippen LogP contribution in [0.5, 0.6) is 5.88 Å². The van der Waals surface area contributed by atoms with Crippen molar-refractivity contribution in [2.75, 3.05) is 5.32 Å². The zero-order valence-corrected chi connectivity index (χ0v) is 9.17. The topological polar surface area (TPSA) is 51.2 Å². The lowest BCUT2D eigenvalue weighted by atomic mass is 10.2. The average Bonchev–Trinajstić information content (AvgIpc) is 2.17. The summed E-state index contributed by atoms with van der Waals surface area (Å²) in [7, 11) is 0. The van der Waals surface area contributed by atoms with E-state index < -0.39 is 6.10 Å². The molecule has 0 aromatic carbocycles. The number of nitrogens with one attached hydrogen (secondary N) is 1. The van der Waals surface area contributed by atoms with Crippen molar-refractivity contribution in [2.24, 2.45) is 0 Å². The molecule has 74 valence electrons. The number of carbonyl (C=O) groups is 1. The number of carbonyl (C=O) groups excluding carboxylic acids is 1. The van der Waals surface area contributed by atoms with Crippen LogP contribution in [0.4, 0.5) is 5.69 Å². The lowest BCUT2D eigenvalue weighted by Crippen LogP contribution is -2.36. The number of halogens is 1. The summed E-state index contributed by atoms with van der Waals surface area (Å²) in [5.74, 6) is 0.370. The zero-order valence-electron chi connectivity index (χ0n) is 7.58. The van der Waals surface area contributed by atoms with Gasteiger partial charge in [0.25, 0.3) is 5.91 Å². The van der Waals surface area contributed by atoms with E-state index >= 15 is 0 Å². The van der Waals surface area contributed by atoms with Gasteiger partial charge in [-0.2, -0.15) is 0 Å². The molecule has 0 bridgehead atoms. The molecule has 0 radical (unpaired) electrons. The van der Waals surface area contributed by atoms with E-state index in [9.17, 15) is 4.79 Å². The van der Waals surface area contributed by atoms with Crippen molar-refractivity contribution in [2.45, 2.75) is 19.4 Å². The molecule has 14 heavy (non-hydrogen) atoms. The van der Waals surface area contributed by atoms with Gasteiger partial charge in [0, 0.05) is 0 Å². The van der Waals surface area contributed by atoms with Crippen LogP contribution in [0.2, 0.25) is 0 Å². The molecule has 1 N–H and O–H groups in total. The van der Waals surface area contributed by atoms with Crippen molar-refractivity contribution < 1.29 is 9.53 Å². The van der Waals surface area contributed by atoms with Crippen LogP contribution in [0.1, 0.15) is 13.3 Å². The van der Waals surface area contributed by atoms with Gasteiger partial charge in [-0.1, -0.05) is 6.92 Å². The van der Waals surface area contributed by atoms with Crippen molar-refractivity contribution in [3.05, 3.63) is 16.7 Å². The summed E-state index contributed by atoms with van der Waals surface area (Å²) in [6, 6.07) is 3.52. The summed E-state index contributed by atoms with van der Waals surface area (Å²) >= 11 is 3.24. The molecular formula is C9H9BrN2O2. The van der Waals surface area contributed by atoms with Crippen LogP contribution in [0.3, 0.4) is 0 Å². The van der Waals surface area contributed by atoms with Gasteiger partial charge >= 0.3 is 0 Å². The Bertz CT molecular complexity index is 381. The van der Waals surface area contributed by atoms with E-state index in [2.05, 4.69) is 26.2 Å². The number of ether oxygens (including phenoxy) is 1. The highest BCUT2D eigenvalue weighted by Crippen LogP contribution is 2.29. The molecule has 2 rings (SSSR count). The summed E-state index contributed by atoms with van der Waals surface area (Å²) in [4.78, 5) is 15.5. The third kappa shape index (κ3) is 1.59. The van der Waals surface area contributed by atoms with Gasteiger partial charge < -0.3 is 10.1 Å². The van der Waals surface area contributed by atoms with E-state index in [-0.39, 0.29) is 5.91 Å². The minimum absolute atomic E-state index is 0.107. The van der Waals surface area contributed by atoms with Crippen molar-refractivity contribution in [3.63, 3.8) is 0 Å². The fourth-order valence-corrected chi connectivity index (χ4v) is 1.57. The van der Waals surface area contributed by atoms with E-state index in [4.69, 9.17) is 4.74 Å². The van der Waals surface area contributed by atoms with Crippen LogP contribution in [-0.2, 0) is 4.79 Å². The maximum absolute atomic E-state index is 11.4. The first kappa shape index (κ1) is 9.45. The van der Waals surface area contributed by atoms with E-state index in [1.165, 1.54) is 0 Å². The quantitative estimate of drug-likeness (QED) is 0.782. The molecule has 0 saturated heterocycles. The van der Waals surface area contributed by atoms with E-state index in [1.807, 2.05) is 6.92 Å².